The molecule has 1 atom stereocenters. The Morgan fingerprint density at radius 2 is 2.07 bits per heavy atom. The van der Waals surface area contributed by atoms with E-state index >= 15 is 0 Å². The monoisotopic (exact) mass is 389 g/mol. The van der Waals surface area contributed by atoms with Crippen molar-refractivity contribution in [3.63, 3.8) is 0 Å². The Labute approximate surface area is 169 Å². The molecule has 1 aliphatic rings. The number of aromatic nitrogens is 5. The number of pyridine rings is 1. The average molecular weight is 389 g/mol. The fourth-order valence-corrected chi connectivity index (χ4v) is 3.52. The maximum absolute atomic E-state index is 12.7. The molecule has 0 bridgehead atoms. The highest BCUT2D eigenvalue weighted by atomic mass is 16.2. The first-order valence-corrected chi connectivity index (χ1v) is 9.63. The van der Waals surface area contributed by atoms with E-state index in [1.54, 1.807) is 41.7 Å². The van der Waals surface area contributed by atoms with Gasteiger partial charge in [-0.3, -0.25) is 14.5 Å². The van der Waals surface area contributed by atoms with Gasteiger partial charge in [-0.15, -0.1) is 0 Å². The van der Waals surface area contributed by atoms with Crippen LogP contribution in [0.5, 0.6) is 0 Å². The van der Waals surface area contributed by atoms with E-state index in [1.165, 1.54) is 5.56 Å². The zero-order valence-electron chi connectivity index (χ0n) is 16.3. The minimum Gasteiger partial charge on any atom is -0.339 e. The van der Waals surface area contributed by atoms with Crippen molar-refractivity contribution in [2.24, 2.45) is 7.05 Å². The summed E-state index contributed by atoms with van der Waals surface area (Å²) >= 11 is 0. The summed E-state index contributed by atoms with van der Waals surface area (Å²) in [6, 6.07) is 5.93. The summed E-state index contributed by atoms with van der Waals surface area (Å²) in [4.78, 5) is 27.2. The largest absolute Gasteiger partial charge is 0.339 e. The molecular weight excluding hydrogens is 366 g/mol. The number of likely N-dealkylation sites (tertiary alicyclic amines) is 1. The van der Waals surface area contributed by atoms with Crippen LogP contribution in [0.1, 0.15) is 30.0 Å². The van der Waals surface area contributed by atoms with Crippen LogP contribution < -0.4 is 5.32 Å². The molecule has 3 aromatic rings. The van der Waals surface area contributed by atoms with Crippen molar-refractivity contribution in [1.29, 1.82) is 0 Å². The van der Waals surface area contributed by atoms with Crippen LogP contribution in [0.25, 0.3) is 6.08 Å². The van der Waals surface area contributed by atoms with Crippen molar-refractivity contribution in [2.45, 2.75) is 18.8 Å². The van der Waals surface area contributed by atoms with Gasteiger partial charge in [0.15, 0.2) is 0 Å². The van der Waals surface area contributed by atoms with Crippen LogP contribution in [0.15, 0.2) is 55.3 Å². The van der Waals surface area contributed by atoms with E-state index < -0.39 is 0 Å². The smallest absolute Gasteiger partial charge is 0.246 e. The van der Waals surface area contributed by atoms with Crippen LogP contribution in [0.4, 0.5) is 11.6 Å². The second-order valence-electron chi connectivity index (χ2n) is 7.03. The first-order valence-electron chi connectivity index (χ1n) is 9.63. The minimum absolute atomic E-state index is 0.0304. The van der Waals surface area contributed by atoms with Gasteiger partial charge in [0.2, 0.25) is 5.91 Å². The van der Waals surface area contributed by atoms with E-state index in [4.69, 9.17) is 0 Å². The molecule has 4 rings (SSSR count). The molecule has 0 aliphatic carbocycles. The first-order chi connectivity index (χ1) is 14.2. The zero-order valence-corrected chi connectivity index (χ0v) is 16.3. The zero-order chi connectivity index (χ0) is 20.1. The number of nitrogens with one attached hydrogen (secondary N) is 1. The number of hydrogen-bond acceptors (Lipinski definition) is 6. The van der Waals surface area contributed by atoms with Crippen molar-refractivity contribution in [3.05, 3.63) is 66.5 Å². The third kappa shape index (κ3) is 4.66. The summed E-state index contributed by atoms with van der Waals surface area (Å²) in [6.07, 6.45) is 13.9. The Hall–Kier alpha value is -3.55. The molecule has 1 aliphatic heterocycles. The van der Waals surface area contributed by atoms with E-state index in [0.717, 1.165) is 30.9 Å². The lowest BCUT2D eigenvalue weighted by Gasteiger charge is -2.32. The molecule has 0 radical (unpaired) electrons. The summed E-state index contributed by atoms with van der Waals surface area (Å²) in [5.41, 5.74) is 2.07. The molecule has 0 saturated carbocycles. The van der Waals surface area contributed by atoms with Crippen molar-refractivity contribution < 1.29 is 4.79 Å². The Balaban J connectivity index is 1.43. The Bertz CT molecular complexity index is 999. The van der Waals surface area contributed by atoms with Crippen LogP contribution in [0.3, 0.4) is 0 Å². The summed E-state index contributed by atoms with van der Waals surface area (Å²) in [6.45, 7) is 1.48. The highest BCUT2D eigenvalue weighted by Crippen LogP contribution is 2.28. The normalized spacial score (nSPS) is 16.9. The van der Waals surface area contributed by atoms with Crippen molar-refractivity contribution in [2.75, 3.05) is 18.4 Å². The van der Waals surface area contributed by atoms with Gasteiger partial charge in [0, 0.05) is 56.9 Å². The predicted octanol–water partition coefficient (Wildman–Crippen LogP) is 2.77. The summed E-state index contributed by atoms with van der Waals surface area (Å²) in [7, 11) is 1.86. The molecule has 3 aromatic heterocycles. The maximum atomic E-state index is 12.7. The molecule has 8 nitrogen and oxygen atoms in total. The van der Waals surface area contributed by atoms with Gasteiger partial charge in [0.05, 0.1) is 11.9 Å². The van der Waals surface area contributed by atoms with E-state index in [-0.39, 0.29) is 11.8 Å². The molecule has 148 valence electrons. The lowest BCUT2D eigenvalue weighted by molar-refractivity contribution is -0.127. The third-order valence-electron chi connectivity index (χ3n) is 5.06. The number of aryl methyl sites for hydroxylation is 1. The van der Waals surface area contributed by atoms with Crippen LogP contribution in [0, 0.1) is 0 Å². The fraction of sp³-hybridized carbons (Fsp3) is 0.286. The lowest BCUT2D eigenvalue weighted by Crippen LogP contribution is -2.38. The molecule has 0 spiro atoms. The van der Waals surface area contributed by atoms with Gasteiger partial charge in [-0.1, -0.05) is 0 Å². The van der Waals surface area contributed by atoms with Crippen LogP contribution in [-0.4, -0.2) is 48.6 Å². The molecule has 1 fully saturated rings. The molecule has 8 heteroatoms. The molecule has 1 N–H and O–H groups in total. The number of anilines is 2. The quantitative estimate of drug-likeness (QED) is 0.675. The first kappa shape index (κ1) is 18.8. The summed E-state index contributed by atoms with van der Waals surface area (Å²) < 4.78 is 1.74. The maximum Gasteiger partial charge on any atom is 0.246 e. The minimum atomic E-state index is 0.0304. The molecule has 29 heavy (non-hydrogen) atoms. The lowest BCUT2D eigenvalue weighted by atomic mass is 9.91. The summed E-state index contributed by atoms with van der Waals surface area (Å²) in [5, 5.41) is 7.29. The average Bonchev–Trinajstić information content (AvgIpc) is 3.18. The SMILES string of the molecule is Cn1nccc1/C=C/C(=O)N1CCC[C@@H](c2ccnc(Nc3cnccn3)c2)C1. The van der Waals surface area contributed by atoms with Gasteiger partial charge in [0.25, 0.3) is 0 Å². The number of piperidine rings is 1. The van der Waals surface area contributed by atoms with Gasteiger partial charge < -0.3 is 10.2 Å². The molecule has 1 saturated heterocycles. The van der Waals surface area contributed by atoms with Gasteiger partial charge in [0.1, 0.15) is 11.6 Å². The Kier molecular flexibility index (Phi) is 5.60. The molecule has 0 aromatic carbocycles. The van der Waals surface area contributed by atoms with Gasteiger partial charge in [-0.25, -0.2) is 9.97 Å². The standard InChI is InChI=1S/C21H23N7O/c1-27-18(7-9-25-27)4-5-21(29)28-12-2-3-17(15-28)16-6-8-23-19(13-16)26-20-14-22-10-11-24-20/h4-11,13-14,17H,2-3,12,15H2,1H3,(H,23,24,26)/b5-4+/t17-/m1/s1. The van der Waals surface area contributed by atoms with Crippen molar-refractivity contribution >= 4 is 23.6 Å². The van der Waals surface area contributed by atoms with Gasteiger partial charge >= 0.3 is 0 Å². The second kappa shape index (κ2) is 8.64. The van der Waals surface area contributed by atoms with Gasteiger partial charge in [-0.2, -0.15) is 5.10 Å². The highest BCUT2D eigenvalue weighted by Gasteiger charge is 2.24. The Morgan fingerprint density at radius 1 is 1.17 bits per heavy atom. The number of hydrogen-bond donors (Lipinski definition) is 1. The number of rotatable bonds is 5. The number of carbonyl (C=O) groups is 1. The van der Waals surface area contributed by atoms with Crippen molar-refractivity contribution in [3.8, 4) is 0 Å². The van der Waals surface area contributed by atoms with Crippen LogP contribution in [0.2, 0.25) is 0 Å². The van der Waals surface area contributed by atoms with Crippen LogP contribution >= 0.6 is 0 Å². The second-order valence-corrected chi connectivity index (χ2v) is 7.03. The van der Waals surface area contributed by atoms with Crippen molar-refractivity contribution in [1.82, 2.24) is 29.6 Å². The predicted molar refractivity (Wildman–Crippen MR) is 110 cm³/mol. The van der Waals surface area contributed by atoms with Gasteiger partial charge in [-0.05, 0) is 42.7 Å². The van der Waals surface area contributed by atoms with E-state index in [9.17, 15) is 4.79 Å². The summed E-state index contributed by atoms with van der Waals surface area (Å²) in [5.74, 6) is 1.69. The topological polar surface area (TPSA) is 88.8 Å². The third-order valence-corrected chi connectivity index (χ3v) is 5.06. The van der Waals surface area contributed by atoms with E-state index in [2.05, 4.69) is 25.4 Å². The molecular formula is C21H23N7O. The van der Waals surface area contributed by atoms with E-state index in [1.807, 2.05) is 36.2 Å². The fourth-order valence-electron chi connectivity index (χ4n) is 3.52. The van der Waals surface area contributed by atoms with Crippen LogP contribution in [-0.2, 0) is 11.8 Å². The number of carbonyl (C=O) groups excluding carboxylic acids is 1. The molecule has 4 heterocycles. The number of nitrogens with zero attached hydrogens (tertiary/aromatic N) is 6. The highest BCUT2D eigenvalue weighted by molar-refractivity contribution is 5.91. The van der Waals surface area contributed by atoms with E-state index in [0.29, 0.717) is 12.4 Å². The Morgan fingerprint density at radius 3 is 2.86 bits per heavy atom. The molecule has 1 amide bonds. The molecule has 0 unspecified atom stereocenters. The number of amides is 1.